The highest BCUT2D eigenvalue weighted by Crippen LogP contribution is 2.41. The first-order chi connectivity index (χ1) is 16.4. The monoisotopic (exact) mass is 490 g/mol. The Bertz CT molecular complexity index is 1410. The van der Waals surface area contributed by atoms with Crippen molar-refractivity contribution in [2.24, 2.45) is 0 Å². The number of nitrogens with zero attached hydrogens (tertiary/aromatic N) is 4. The summed E-state index contributed by atoms with van der Waals surface area (Å²) in [6.45, 7) is 3.85. The van der Waals surface area contributed by atoms with Crippen molar-refractivity contribution in [2.75, 3.05) is 10.6 Å². The molecule has 9 heteroatoms. The number of carbonyl (C=O) groups is 1. The van der Waals surface area contributed by atoms with Crippen molar-refractivity contribution in [3.8, 4) is 11.4 Å². The lowest BCUT2D eigenvalue weighted by Crippen LogP contribution is -2.31. The fourth-order valence-electron chi connectivity index (χ4n) is 3.92. The van der Waals surface area contributed by atoms with Gasteiger partial charge in [0.15, 0.2) is 5.82 Å². The highest BCUT2D eigenvalue weighted by atomic mass is 35.5. The third-order valence-electron chi connectivity index (χ3n) is 5.60. The van der Waals surface area contributed by atoms with Gasteiger partial charge in [0.1, 0.15) is 6.04 Å². The van der Waals surface area contributed by atoms with Crippen molar-refractivity contribution in [1.29, 1.82) is 0 Å². The third-order valence-corrected chi connectivity index (χ3v) is 6.44. The second-order valence-electron chi connectivity index (χ2n) is 7.97. The van der Waals surface area contributed by atoms with Crippen LogP contribution in [0.5, 0.6) is 0 Å². The number of hydrogen-bond acceptors (Lipinski definition) is 5. The van der Waals surface area contributed by atoms with E-state index in [1.807, 2.05) is 44.2 Å². The molecule has 5 rings (SSSR count). The largest absolute Gasteiger partial charge is 0.328 e. The Hall–Kier alpha value is -3.68. The molecule has 1 amide bonds. The zero-order valence-electron chi connectivity index (χ0n) is 18.4. The molecule has 1 aliphatic heterocycles. The van der Waals surface area contributed by atoms with E-state index in [4.69, 9.17) is 33.3 Å². The van der Waals surface area contributed by atoms with Crippen LogP contribution in [0.2, 0.25) is 10.0 Å². The number of fused-ring (bicyclic) bond motifs is 1. The van der Waals surface area contributed by atoms with Gasteiger partial charge in [-0.1, -0.05) is 65.2 Å². The van der Waals surface area contributed by atoms with Crippen LogP contribution in [-0.4, -0.2) is 25.7 Å². The van der Waals surface area contributed by atoms with E-state index < -0.39 is 6.04 Å². The predicted molar refractivity (Wildman–Crippen MR) is 134 cm³/mol. The maximum atomic E-state index is 13.5. The quantitative estimate of drug-likeness (QED) is 0.372. The molecule has 0 bridgehead atoms. The van der Waals surface area contributed by atoms with Gasteiger partial charge in [0.2, 0.25) is 5.95 Å². The van der Waals surface area contributed by atoms with E-state index in [0.717, 1.165) is 11.1 Å². The summed E-state index contributed by atoms with van der Waals surface area (Å²) in [4.78, 5) is 22.3. The number of pyridine rings is 1. The van der Waals surface area contributed by atoms with Crippen LogP contribution in [0, 0.1) is 6.92 Å². The van der Waals surface area contributed by atoms with Gasteiger partial charge in [-0.3, -0.25) is 9.78 Å². The summed E-state index contributed by atoms with van der Waals surface area (Å²) in [5.41, 5.74) is 4.31. The fourth-order valence-corrected chi connectivity index (χ4v) is 4.34. The number of halogens is 2. The van der Waals surface area contributed by atoms with Crippen LogP contribution in [-0.2, 0) is 4.79 Å². The van der Waals surface area contributed by atoms with Crippen molar-refractivity contribution in [1.82, 2.24) is 19.7 Å². The molecule has 2 aromatic heterocycles. The number of allylic oxidation sites excluding steroid dienone is 1. The summed E-state index contributed by atoms with van der Waals surface area (Å²) in [7, 11) is 0. The summed E-state index contributed by atoms with van der Waals surface area (Å²) in [6, 6.07) is 16.2. The first-order valence-corrected chi connectivity index (χ1v) is 11.3. The Morgan fingerprint density at radius 1 is 1.06 bits per heavy atom. The van der Waals surface area contributed by atoms with Gasteiger partial charge in [0.05, 0.1) is 27.5 Å². The lowest BCUT2D eigenvalue weighted by atomic mass is 9.95. The minimum atomic E-state index is -0.647. The van der Waals surface area contributed by atoms with E-state index in [2.05, 4.69) is 15.6 Å². The van der Waals surface area contributed by atoms with E-state index in [9.17, 15) is 4.79 Å². The molecule has 4 aromatic rings. The molecule has 7 nitrogen and oxygen atoms in total. The maximum absolute atomic E-state index is 13.5. The molecular formula is C25H20Cl2N6O. The van der Waals surface area contributed by atoms with Gasteiger partial charge < -0.3 is 10.6 Å². The first kappa shape index (κ1) is 22.1. The van der Waals surface area contributed by atoms with Crippen molar-refractivity contribution < 1.29 is 4.79 Å². The zero-order chi connectivity index (χ0) is 23.8. The second-order valence-corrected chi connectivity index (χ2v) is 8.76. The molecule has 1 aliphatic rings. The number of aromatic nitrogens is 4. The number of carbonyl (C=O) groups excluding carboxylic acids is 1. The summed E-state index contributed by atoms with van der Waals surface area (Å²) in [6.07, 6.45) is 3.23. The Labute approximate surface area is 206 Å². The number of hydrogen-bond donors (Lipinski definition) is 2. The average molecular weight is 491 g/mol. The minimum absolute atomic E-state index is 0.308. The Balaban J connectivity index is 1.64. The zero-order valence-corrected chi connectivity index (χ0v) is 19.9. The van der Waals surface area contributed by atoms with Crippen molar-refractivity contribution in [3.63, 3.8) is 0 Å². The molecule has 3 heterocycles. The first-order valence-electron chi connectivity index (χ1n) is 10.6. The minimum Gasteiger partial charge on any atom is -0.328 e. The standard InChI is InChI=1S/C25H20Cl2N6O/c1-14-8-10-16(11-9-14)23-31-25-29-15(2)20(24(34)30-17-5-4-12-28-13-17)22(33(25)32-23)18-6-3-7-19(26)21(18)27/h3-13,22H,1-2H3,(H,30,34)(H,29,31,32). The van der Waals surface area contributed by atoms with E-state index in [0.29, 0.717) is 44.3 Å². The molecule has 2 N–H and O–H groups in total. The Morgan fingerprint density at radius 2 is 1.85 bits per heavy atom. The van der Waals surface area contributed by atoms with Crippen LogP contribution in [0.15, 0.2) is 78.3 Å². The molecule has 1 unspecified atom stereocenters. The van der Waals surface area contributed by atoms with Crippen LogP contribution in [0.1, 0.15) is 24.1 Å². The topological polar surface area (TPSA) is 84.7 Å². The number of amides is 1. The van der Waals surface area contributed by atoms with Crippen LogP contribution in [0.25, 0.3) is 11.4 Å². The summed E-state index contributed by atoms with van der Waals surface area (Å²) < 4.78 is 1.68. The van der Waals surface area contributed by atoms with Gasteiger partial charge in [0, 0.05) is 23.0 Å². The van der Waals surface area contributed by atoms with E-state index >= 15 is 0 Å². The van der Waals surface area contributed by atoms with Crippen LogP contribution < -0.4 is 10.6 Å². The van der Waals surface area contributed by atoms with Crippen molar-refractivity contribution in [2.45, 2.75) is 19.9 Å². The normalized spacial score (nSPS) is 15.0. The molecular weight excluding hydrogens is 471 g/mol. The number of rotatable bonds is 4. The molecule has 0 saturated heterocycles. The Morgan fingerprint density at radius 3 is 2.59 bits per heavy atom. The fraction of sp³-hybridized carbons (Fsp3) is 0.120. The van der Waals surface area contributed by atoms with Crippen LogP contribution in [0.4, 0.5) is 11.6 Å². The molecule has 0 radical (unpaired) electrons. The third kappa shape index (κ3) is 4.04. The van der Waals surface area contributed by atoms with Gasteiger partial charge in [-0.05, 0) is 32.0 Å². The highest BCUT2D eigenvalue weighted by Gasteiger charge is 2.36. The lowest BCUT2D eigenvalue weighted by molar-refractivity contribution is -0.113. The second kappa shape index (κ2) is 8.93. The molecule has 0 aliphatic carbocycles. The van der Waals surface area contributed by atoms with E-state index in [-0.39, 0.29) is 5.91 Å². The molecule has 170 valence electrons. The molecule has 0 spiro atoms. The van der Waals surface area contributed by atoms with Crippen molar-refractivity contribution >= 4 is 40.7 Å². The SMILES string of the molecule is CC1=C(C(=O)Nc2cccnc2)C(c2cccc(Cl)c2Cl)n2nc(-c3ccc(C)cc3)nc2N1. The summed E-state index contributed by atoms with van der Waals surface area (Å²) >= 11 is 13.0. The smallest absolute Gasteiger partial charge is 0.255 e. The maximum Gasteiger partial charge on any atom is 0.255 e. The van der Waals surface area contributed by atoms with Gasteiger partial charge >= 0.3 is 0 Å². The van der Waals surface area contributed by atoms with Gasteiger partial charge in [-0.25, -0.2) is 4.68 Å². The summed E-state index contributed by atoms with van der Waals surface area (Å²) in [5, 5.41) is 11.7. The predicted octanol–water partition coefficient (Wildman–Crippen LogP) is 5.88. The average Bonchev–Trinajstić information content (AvgIpc) is 3.25. The molecule has 34 heavy (non-hydrogen) atoms. The van der Waals surface area contributed by atoms with Crippen molar-refractivity contribution in [3.05, 3.63) is 99.4 Å². The van der Waals surface area contributed by atoms with Gasteiger partial charge in [-0.15, -0.1) is 5.10 Å². The summed E-state index contributed by atoms with van der Waals surface area (Å²) in [5.74, 6) is 0.733. The molecule has 1 atom stereocenters. The van der Waals surface area contributed by atoms with Crippen LogP contribution >= 0.6 is 23.2 Å². The van der Waals surface area contributed by atoms with E-state index in [1.54, 1.807) is 41.3 Å². The molecule has 0 saturated carbocycles. The van der Waals surface area contributed by atoms with Gasteiger partial charge in [-0.2, -0.15) is 4.98 Å². The van der Waals surface area contributed by atoms with Crippen LogP contribution in [0.3, 0.4) is 0 Å². The number of aryl methyl sites for hydroxylation is 1. The highest BCUT2D eigenvalue weighted by molar-refractivity contribution is 6.42. The van der Waals surface area contributed by atoms with E-state index in [1.165, 1.54) is 0 Å². The van der Waals surface area contributed by atoms with Gasteiger partial charge in [0.25, 0.3) is 5.91 Å². The number of nitrogens with one attached hydrogen (secondary N) is 2. The lowest BCUT2D eigenvalue weighted by Gasteiger charge is -2.29. The Kier molecular flexibility index (Phi) is 5.81. The molecule has 2 aromatic carbocycles. The number of benzene rings is 2. The molecule has 0 fully saturated rings. The number of anilines is 2.